The number of carbonyl (C=O) groups is 2. The van der Waals surface area contributed by atoms with Gasteiger partial charge in [-0.1, -0.05) is 29.8 Å². The van der Waals surface area contributed by atoms with Crippen molar-refractivity contribution >= 4 is 45.9 Å². The van der Waals surface area contributed by atoms with Crippen LogP contribution in [-0.4, -0.2) is 56.3 Å². The Kier molecular flexibility index (Phi) is 5.73. The number of benzene rings is 2. The molecule has 2 aromatic carbocycles. The van der Waals surface area contributed by atoms with Gasteiger partial charge in [-0.2, -0.15) is 0 Å². The molecule has 9 heteroatoms. The summed E-state index contributed by atoms with van der Waals surface area (Å²) >= 11 is 5.92. The number of rotatable bonds is 4. The fourth-order valence-electron chi connectivity index (χ4n) is 3.45. The summed E-state index contributed by atoms with van der Waals surface area (Å²) in [5.74, 6) is -0.380. The Hall–Kier alpha value is -3.65. The van der Waals surface area contributed by atoms with Crippen LogP contribution in [0.15, 0.2) is 54.9 Å². The number of fused-ring (bicyclic) bond motifs is 1. The molecule has 1 aliphatic heterocycles. The van der Waals surface area contributed by atoms with Gasteiger partial charge in [-0.3, -0.25) is 9.59 Å². The molecule has 1 fully saturated rings. The Morgan fingerprint density at radius 2 is 2.03 bits per heavy atom. The molecule has 3 aromatic rings. The van der Waals surface area contributed by atoms with E-state index < -0.39 is 5.91 Å². The number of aromatic nitrogens is 2. The van der Waals surface area contributed by atoms with Gasteiger partial charge in [0, 0.05) is 41.7 Å². The molecule has 2 amide bonds. The monoisotopic (exact) mass is 437 g/mol. The van der Waals surface area contributed by atoms with Crippen molar-refractivity contribution in [2.75, 3.05) is 25.4 Å². The second-order valence-electron chi connectivity index (χ2n) is 7.23. The summed E-state index contributed by atoms with van der Waals surface area (Å²) < 4.78 is 0. The Balaban J connectivity index is 1.41. The maximum absolute atomic E-state index is 12.6. The number of anilines is 1. The highest BCUT2D eigenvalue weighted by Gasteiger charge is 2.26. The second kappa shape index (κ2) is 8.61. The zero-order valence-corrected chi connectivity index (χ0v) is 17.3. The number of carbonyl (C=O) groups excluding carboxylic acids is 2. The summed E-state index contributed by atoms with van der Waals surface area (Å²) in [7, 11) is 0. The van der Waals surface area contributed by atoms with Crippen LogP contribution in [0.2, 0.25) is 5.02 Å². The van der Waals surface area contributed by atoms with E-state index in [1.54, 1.807) is 29.2 Å². The van der Waals surface area contributed by atoms with Gasteiger partial charge < -0.3 is 20.6 Å². The molecule has 0 bridgehead atoms. The largest absolute Gasteiger partial charge is 0.507 e. The number of nitrogens with two attached hydrogens (primary N) is 1. The standard InChI is InChI=1S/C22H20ClN5O3/c23-16-3-1-2-15(9-16)19(29)10-20(30)28-7-6-27(21(31)12-28)11-14-4-5-17-18(8-14)25-13-26-22(17)24/h1-5,8-10,13,29H,6-7,11-12H2,(H2,24,25,26)/b19-10-. The van der Waals surface area contributed by atoms with Crippen LogP contribution in [0.1, 0.15) is 11.1 Å². The molecular formula is C22H20ClN5O3. The third-order valence-corrected chi connectivity index (χ3v) is 5.35. The van der Waals surface area contributed by atoms with E-state index in [2.05, 4.69) is 9.97 Å². The number of halogens is 1. The predicted molar refractivity (Wildman–Crippen MR) is 118 cm³/mol. The summed E-state index contributed by atoms with van der Waals surface area (Å²) in [5.41, 5.74) is 7.92. The summed E-state index contributed by atoms with van der Waals surface area (Å²) in [6.45, 7) is 1.11. The molecule has 31 heavy (non-hydrogen) atoms. The van der Waals surface area contributed by atoms with Gasteiger partial charge in [0.25, 0.3) is 5.91 Å². The van der Waals surface area contributed by atoms with Crippen LogP contribution < -0.4 is 5.73 Å². The van der Waals surface area contributed by atoms with E-state index in [-0.39, 0.29) is 18.2 Å². The Morgan fingerprint density at radius 1 is 1.19 bits per heavy atom. The van der Waals surface area contributed by atoms with Gasteiger partial charge in [-0.05, 0) is 29.8 Å². The lowest BCUT2D eigenvalue weighted by atomic mass is 10.1. The highest BCUT2D eigenvalue weighted by molar-refractivity contribution is 6.30. The van der Waals surface area contributed by atoms with Crippen molar-refractivity contribution in [3.05, 3.63) is 71.0 Å². The van der Waals surface area contributed by atoms with Crippen molar-refractivity contribution in [3.63, 3.8) is 0 Å². The van der Waals surface area contributed by atoms with Crippen LogP contribution in [0.3, 0.4) is 0 Å². The summed E-state index contributed by atoms with van der Waals surface area (Å²) in [5, 5.41) is 11.4. The van der Waals surface area contributed by atoms with Crippen molar-refractivity contribution in [2.24, 2.45) is 0 Å². The van der Waals surface area contributed by atoms with Crippen LogP contribution in [0.5, 0.6) is 0 Å². The first-order chi connectivity index (χ1) is 14.9. The van der Waals surface area contributed by atoms with Crippen LogP contribution >= 0.6 is 11.6 Å². The van der Waals surface area contributed by atoms with Crippen molar-refractivity contribution in [2.45, 2.75) is 6.54 Å². The normalized spacial score (nSPS) is 14.9. The molecule has 1 aliphatic rings. The second-order valence-corrected chi connectivity index (χ2v) is 7.66. The Morgan fingerprint density at radius 3 is 2.81 bits per heavy atom. The van der Waals surface area contributed by atoms with Crippen molar-refractivity contribution in [3.8, 4) is 0 Å². The molecule has 0 radical (unpaired) electrons. The van der Waals surface area contributed by atoms with Gasteiger partial charge in [0.05, 0.1) is 5.52 Å². The average molecular weight is 438 g/mol. The van der Waals surface area contributed by atoms with Gasteiger partial charge in [0.2, 0.25) is 5.91 Å². The summed E-state index contributed by atoms with van der Waals surface area (Å²) in [4.78, 5) is 36.4. The fourth-order valence-corrected chi connectivity index (χ4v) is 3.64. The van der Waals surface area contributed by atoms with E-state index in [0.29, 0.717) is 41.6 Å². The molecule has 0 unspecified atom stereocenters. The lowest BCUT2D eigenvalue weighted by molar-refractivity contribution is -0.143. The zero-order chi connectivity index (χ0) is 22.0. The van der Waals surface area contributed by atoms with E-state index in [9.17, 15) is 14.7 Å². The first-order valence-electron chi connectivity index (χ1n) is 9.63. The lowest BCUT2D eigenvalue weighted by Crippen LogP contribution is -2.51. The van der Waals surface area contributed by atoms with E-state index in [1.807, 2.05) is 18.2 Å². The molecular weight excluding hydrogens is 418 g/mol. The van der Waals surface area contributed by atoms with Crippen molar-refractivity contribution in [1.29, 1.82) is 0 Å². The number of hydrogen-bond acceptors (Lipinski definition) is 6. The summed E-state index contributed by atoms with van der Waals surface area (Å²) in [6, 6.07) is 12.2. The predicted octanol–water partition coefficient (Wildman–Crippen LogP) is 2.64. The topological polar surface area (TPSA) is 113 Å². The first-order valence-corrected chi connectivity index (χ1v) is 10.0. The van der Waals surface area contributed by atoms with Crippen LogP contribution in [0, 0.1) is 0 Å². The number of nitrogens with zero attached hydrogens (tertiary/aromatic N) is 4. The molecule has 1 aromatic heterocycles. The van der Waals surface area contributed by atoms with Gasteiger partial charge in [-0.25, -0.2) is 9.97 Å². The molecule has 158 valence electrons. The molecule has 4 rings (SSSR count). The Bertz CT molecular complexity index is 1200. The maximum atomic E-state index is 12.6. The number of aliphatic hydroxyl groups excluding tert-OH is 1. The van der Waals surface area contributed by atoms with Crippen LogP contribution in [-0.2, 0) is 16.1 Å². The molecule has 1 saturated heterocycles. The number of amides is 2. The highest BCUT2D eigenvalue weighted by Crippen LogP contribution is 2.20. The average Bonchev–Trinajstić information content (AvgIpc) is 2.75. The van der Waals surface area contributed by atoms with E-state index in [1.165, 1.54) is 11.2 Å². The van der Waals surface area contributed by atoms with E-state index in [0.717, 1.165) is 17.0 Å². The number of piperazine rings is 1. The van der Waals surface area contributed by atoms with Crippen LogP contribution in [0.25, 0.3) is 16.7 Å². The van der Waals surface area contributed by atoms with Gasteiger partial charge in [0.1, 0.15) is 24.4 Å². The first kappa shape index (κ1) is 20.6. The third kappa shape index (κ3) is 4.59. The van der Waals surface area contributed by atoms with Gasteiger partial charge >= 0.3 is 0 Å². The molecule has 0 saturated carbocycles. The minimum Gasteiger partial charge on any atom is -0.507 e. The SMILES string of the molecule is Nc1ncnc2cc(CN3CCN(C(=O)/C=C(\O)c4cccc(Cl)c4)CC3=O)ccc12. The molecule has 0 atom stereocenters. The molecule has 8 nitrogen and oxygen atoms in total. The van der Waals surface area contributed by atoms with E-state index in [4.69, 9.17) is 17.3 Å². The number of hydrogen-bond donors (Lipinski definition) is 2. The minimum absolute atomic E-state index is 0.0547. The van der Waals surface area contributed by atoms with Gasteiger partial charge in [-0.15, -0.1) is 0 Å². The smallest absolute Gasteiger partial charge is 0.250 e. The molecule has 2 heterocycles. The number of nitrogen functional groups attached to an aromatic ring is 1. The summed E-state index contributed by atoms with van der Waals surface area (Å²) in [6.07, 6.45) is 2.52. The molecule has 3 N–H and O–H groups in total. The quantitative estimate of drug-likeness (QED) is 0.479. The molecule has 0 spiro atoms. The molecule has 0 aliphatic carbocycles. The lowest BCUT2D eigenvalue weighted by Gasteiger charge is -2.34. The Labute approximate surface area is 183 Å². The fraction of sp³-hybridized carbons (Fsp3) is 0.182. The van der Waals surface area contributed by atoms with Crippen molar-refractivity contribution < 1.29 is 14.7 Å². The van der Waals surface area contributed by atoms with Crippen LogP contribution in [0.4, 0.5) is 5.82 Å². The van der Waals surface area contributed by atoms with E-state index >= 15 is 0 Å². The van der Waals surface area contributed by atoms with Gasteiger partial charge in [0.15, 0.2) is 0 Å². The van der Waals surface area contributed by atoms with Crippen molar-refractivity contribution in [1.82, 2.24) is 19.8 Å². The zero-order valence-electron chi connectivity index (χ0n) is 16.5. The number of aliphatic hydroxyl groups is 1. The third-order valence-electron chi connectivity index (χ3n) is 5.12. The maximum Gasteiger partial charge on any atom is 0.250 e. The minimum atomic E-state index is -0.427. The highest BCUT2D eigenvalue weighted by atomic mass is 35.5.